The third kappa shape index (κ3) is 2.70. The molecule has 2 aromatic rings. The Morgan fingerprint density at radius 1 is 1.04 bits per heavy atom. The Balaban J connectivity index is 1.75. The van der Waals surface area contributed by atoms with Crippen LogP contribution in [0.3, 0.4) is 0 Å². The standard InChI is InChI=1S/C20H19NO4S/c21-20(19(24)25,15-9-13(15)18(22)23)10-14-11-5-1-3-7-16(11)26-17-8-4-2-6-12(14)17/h1-8,13-15H,9-10,21H2,(H,22,23)(H,24,25)/t13-,15-,20?/m0/s1. The average Bonchev–Trinajstić information content (AvgIpc) is 3.43. The number of hydrogen-bond donors (Lipinski definition) is 3. The van der Waals surface area contributed by atoms with Crippen LogP contribution in [-0.4, -0.2) is 27.7 Å². The molecule has 1 saturated carbocycles. The molecule has 0 aromatic heterocycles. The van der Waals surface area contributed by atoms with E-state index in [9.17, 15) is 19.8 Å². The molecule has 1 aliphatic carbocycles. The molecule has 3 atom stereocenters. The Labute approximate surface area is 155 Å². The van der Waals surface area contributed by atoms with Gasteiger partial charge in [-0.3, -0.25) is 9.59 Å². The van der Waals surface area contributed by atoms with Crippen molar-refractivity contribution in [3.05, 3.63) is 59.7 Å². The van der Waals surface area contributed by atoms with Gasteiger partial charge in [-0.15, -0.1) is 0 Å². The van der Waals surface area contributed by atoms with Crippen LogP contribution >= 0.6 is 11.8 Å². The second-order valence-corrected chi connectivity index (χ2v) is 8.15. The van der Waals surface area contributed by atoms with E-state index in [-0.39, 0.29) is 12.3 Å². The molecule has 0 amide bonds. The lowest BCUT2D eigenvalue weighted by molar-refractivity contribution is -0.145. The Hall–Kier alpha value is -2.31. The van der Waals surface area contributed by atoms with E-state index in [4.69, 9.17) is 5.73 Å². The van der Waals surface area contributed by atoms with Gasteiger partial charge >= 0.3 is 11.9 Å². The molecule has 2 aliphatic rings. The fourth-order valence-corrected chi connectivity index (χ4v) is 5.19. The van der Waals surface area contributed by atoms with E-state index in [1.54, 1.807) is 11.8 Å². The third-order valence-electron chi connectivity index (χ3n) is 5.52. The van der Waals surface area contributed by atoms with Gasteiger partial charge in [0.15, 0.2) is 0 Å². The van der Waals surface area contributed by atoms with E-state index in [0.29, 0.717) is 6.42 Å². The van der Waals surface area contributed by atoms with Gasteiger partial charge in [-0.2, -0.15) is 0 Å². The molecule has 4 N–H and O–H groups in total. The average molecular weight is 369 g/mol. The molecule has 1 fully saturated rings. The minimum absolute atomic E-state index is 0.167. The zero-order chi connectivity index (χ0) is 18.5. The van der Waals surface area contributed by atoms with Crippen molar-refractivity contribution in [1.29, 1.82) is 0 Å². The topological polar surface area (TPSA) is 101 Å². The molecule has 6 heteroatoms. The summed E-state index contributed by atoms with van der Waals surface area (Å²) in [5, 5.41) is 19.1. The Morgan fingerprint density at radius 3 is 2.04 bits per heavy atom. The number of carboxylic acid groups (broad SMARTS) is 2. The zero-order valence-corrected chi connectivity index (χ0v) is 14.8. The third-order valence-corrected chi connectivity index (χ3v) is 6.70. The molecule has 5 nitrogen and oxygen atoms in total. The first-order chi connectivity index (χ1) is 12.4. The van der Waals surface area contributed by atoms with Crippen LogP contribution in [0.1, 0.15) is 29.9 Å². The van der Waals surface area contributed by atoms with Crippen LogP contribution < -0.4 is 5.73 Å². The summed E-state index contributed by atoms with van der Waals surface area (Å²) in [5.41, 5.74) is 6.90. The summed E-state index contributed by atoms with van der Waals surface area (Å²) in [7, 11) is 0. The number of fused-ring (bicyclic) bond motifs is 2. The summed E-state index contributed by atoms with van der Waals surface area (Å²) in [4.78, 5) is 25.5. The van der Waals surface area contributed by atoms with Gasteiger partial charge in [0.2, 0.25) is 0 Å². The second kappa shape index (κ2) is 6.14. The molecule has 26 heavy (non-hydrogen) atoms. The predicted molar refractivity (Wildman–Crippen MR) is 97.3 cm³/mol. The minimum atomic E-state index is -1.56. The predicted octanol–water partition coefficient (Wildman–Crippen LogP) is 3.18. The van der Waals surface area contributed by atoms with Gasteiger partial charge in [0.05, 0.1) is 5.92 Å². The molecular weight excluding hydrogens is 350 g/mol. The van der Waals surface area contributed by atoms with Gasteiger partial charge < -0.3 is 15.9 Å². The van der Waals surface area contributed by atoms with E-state index in [0.717, 1.165) is 20.9 Å². The van der Waals surface area contributed by atoms with E-state index >= 15 is 0 Å². The summed E-state index contributed by atoms with van der Waals surface area (Å²) >= 11 is 1.67. The maximum Gasteiger partial charge on any atom is 0.324 e. The summed E-state index contributed by atoms with van der Waals surface area (Å²) in [6.07, 6.45) is 0.508. The van der Waals surface area contributed by atoms with Crippen molar-refractivity contribution in [2.24, 2.45) is 17.6 Å². The molecule has 1 heterocycles. The first-order valence-electron chi connectivity index (χ1n) is 8.52. The van der Waals surface area contributed by atoms with Gasteiger partial charge in [0.25, 0.3) is 0 Å². The number of carbonyl (C=O) groups is 2. The lowest BCUT2D eigenvalue weighted by Crippen LogP contribution is -2.52. The lowest BCUT2D eigenvalue weighted by Gasteiger charge is -2.34. The SMILES string of the molecule is NC(CC1c2ccccc2Sc2ccccc21)(C(=O)O)[C@H]1C[C@@H]1C(=O)O. The highest BCUT2D eigenvalue weighted by Gasteiger charge is 2.59. The van der Waals surface area contributed by atoms with Crippen molar-refractivity contribution in [2.75, 3.05) is 0 Å². The molecule has 0 saturated heterocycles. The zero-order valence-electron chi connectivity index (χ0n) is 14.0. The van der Waals surface area contributed by atoms with Crippen LogP contribution in [0, 0.1) is 11.8 Å². The quantitative estimate of drug-likeness (QED) is 0.748. The molecule has 0 spiro atoms. The molecule has 1 unspecified atom stereocenters. The number of hydrogen-bond acceptors (Lipinski definition) is 4. The van der Waals surface area contributed by atoms with Crippen LogP contribution in [0.4, 0.5) is 0 Å². The van der Waals surface area contributed by atoms with Crippen LogP contribution in [0.5, 0.6) is 0 Å². The highest BCUT2D eigenvalue weighted by Crippen LogP contribution is 2.53. The summed E-state index contributed by atoms with van der Waals surface area (Å²) in [6, 6.07) is 15.9. The van der Waals surface area contributed by atoms with Crippen LogP contribution in [0.15, 0.2) is 58.3 Å². The highest BCUT2D eigenvalue weighted by atomic mass is 32.2. The van der Waals surface area contributed by atoms with E-state index in [1.807, 2.05) is 48.5 Å². The normalized spacial score (nSPS) is 23.4. The van der Waals surface area contributed by atoms with Crippen LogP contribution in [0.25, 0.3) is 0 Å². The van der Waals surface area contributed by atoms with Crippen LogP contribution in [0.2, 0.25) is 0 Å². The minimum Gasteiger partial charge on any atom is -0.481 e. The number of nitrogens with two attached hydrogens (primary N) is 1. The molecule has 0 radical (unpaired) electrons. The number of benzene rings is 2. The lowest BCUT2D eigenvalue weighted by atomic mass is 9.77. The fraction of sp³-hybridized carbons (Fsp3) is 0.300. The van der Waals surface area contributed by atoms with Gasteiger partial charge in [0.1, 0.15) is 5.54 Å². The Kier molecular flexibility index (Phi) is 4.04. The van der Waals surface area contributed by atoms with E-state index < -0.39 is 29.3 Å². The maximum atomic E-state index is 12.0. The van der Waals surface area contributed by atoms with Crippen molar-refractivity contribution in [1.82, 2.24) is 0 Å². The van der Waals surface area contributed by atoms with Gasteiger partial charge in [-0.05, 0) is 36.1 Å². The van der Waals surface area contributed by atoms with Crippen molar-refractivity contribution in [3.8, 4) is 0 Å². The summed E-state index contributed by atoms with van der Waals surface area (Å²) < 4.78 is 0. The first-order valence-corrected chi connectivity index (χ1v) is 9.34. The second-order valence-electron chi connectivity index (χ2n) is 7.07. The molecular formula is C20H19NO4S. The molecule has 1 aliphatic heterocycles. The first kappa shape index (κ1) is 17.1. The summed E-state index contributed by atoms with van der Waals surface area (Å²) in [5.74, 6) is -3.46. The molecule has 134 valence electrons. The molecule has 2 aromatic carbocycles. The fourth-order valence-electron chi connectivity index (χ4n) is 4.00. The Morgan fingerprint density at radius 2 is 1.58 bits per heavy atom. The smallest absolute Gasteiger partial charge is 0.324 e. The number of rotatable bonds is 5. The van der Waals surface area contributed by atoms with E-state index in [2.05, 4.69) is 0 Å². The van der Waals surface area contributed by atoms with Gasteiger partial charge in [-0.25, -0.2) is 0 Å². The Bertz CT molecular complexity index is 853. The van der Waals surface area contributed by atoms with Crippen molar-refractivity contribution in [2.45, 2.75) is 34.1 Å². The highest BCUT2D eigenvalue weighted by molar-refractivity contribution is 7.99. The van der Waals surface area contributed by atoms with Gasteiger partial charge in [-0.1, -0.05) is 48.2 Å². The molecule has 0 bridgehead atoms. The number of carboxylic acids is 2. The van der Waals surface area contributed by atoms with Crippen molar-refractivity contribution in [3.63, 3.8) is 0 Å². The van der Waals surface area contributed by atoms with Crippen molar-refractivity contribution < 1.29 is 19.8 Å². The van der Waals surface area contributed by atoms with Crippen LogP contribution in [-0.2, 0) is 9.59 Å². The van der Waals surface area contributed by atoms with Crippen molar-refractivity contribution >= 4 is 23.7 Å². The summed E-state index contributed by atoms with van der Waals surface area (Å²) in [6.45, 7) is 0. The largest absolute Gasteiger partial charge is 0.481 e. The van der Waals surface area contributed by atoms with E-state index in [1.165, 1.54) is 0 Å². The maximum absolute atomic E-state index is 12.0. The number of aliphatic carboxylic acids is 2. The molecule has 4 rings (SSSR count). The van der Waals surface area contributed by atoms with Gasteiger partial charge in [0, 0.05) is 21.6 Å². The monoisotopic (exact) mass is 369 g/mol.